The molecule has 130 valence electrons. The van der Waals surface area contributed by atoms with Gasteiger partial charge in [0.05, 0.1) is 5.92 Å². The van der Waals surface area contributed by atoms with Crippen LogP contribution in [0.5, 0.6) is 5.75 Å². The molecule has 0 saturated heterocycles. The van der Waals surface area contributed by atoms with E-state index >= 15 is 0 Å². The van der Waals surface area contributed by atoms with Crippen LogP contribution in [0.3, 0.4) is 0 Å². The topological polar surface area (TPSA) is 68.1 Å². The summed E-state index contributed by atoms with van der Waals surface area (Å²) in [7, 11) is 0. The number of hydrogen-bond acceptors (Lipinski definition) is 2. The van der Waals surface area contributed by atoms with Crippen molar-refractivity contribution < 1.29 is 9.53 Å². The Morgan fingerprint density at radius 2 is 1.85 bits per heavy atom. The molecule has 4 heteroatoms. The molecule has 2 atom stereocenters. The smallest absolute Gasteiger partial charge is 0.228 e. The molecule has 1 aliphatic rings. The Balaban J connectivity index is 1.75. The highest BCUT2D eigenvalue weighted by atomic mass is 16.5. The van der Waals surface area contributed by atoms with Crippen LogP contribution in [0.15, 0.2) is 85.0 Å². The molecule has 0 saturated carbocycles. The van der Waals surface area contributed by atoms with Gasteiger partial charge in [0.1, 0.15) is 11.4 Å². The lowest BCUT2D eigenvalue weighted by Crippen LogP contribution is -2.50. The Labute approximate surface area is 152 Å². The van der Waals surface area contributed by atoms with Gasteiger partial charge in [0.15, 0.2) is 0 Å². The average molecular weight is 344 g/mol. The fraction of sp³-hybridized carbons (Fsp3) is 0.136. The number of nitrogens with two attached hydrogens (primary N) is 1. The lowest BCUT2D eigenvalue weighted by molar-refractivity contribution is -0.125. The lowest BCUT2D eigenvalue weighted by atomic mass is 9.79. The first-order valence-corrected chi connectivity index (χ1v) is 8.62. The predicted octanol–water partition coefficient (Wildman–Crippen LogP) is 3.76. The Hall–Kier alpha value is -3.27. The number of H-pyrrole nitrogens is 1. The number of benzene rings is 2. The van der Waals surface area contributed by atoms with E-state index in [9.17, 15) is 4.79 Å². The van der Waals surface area contributed by atoms with Crippen molar-refractivity contribution in [3.05, 3.63) is 90.7 Å². The van der Waals surface area contributed by atoms with Gasteiger partial charge in [-0.05, 0) is 35.7 Å². The highest BCUT2D eigenvalue weighted by Crippen LogP contribution is 2.34. The quantitative estimate of drug-likeness (QED) is 0.740. The summed E-state index contributed by atoms with van der Waals surface area (Å²) < 4.78 is 6.36. The van der Waals surface area contributed by atoms with Crippen molar-refractivity contribution >= 4 is 16.8 Å². The van der Waals surface area contributed by atoms with Gasteiger partial charge in [0, 0.05) is 17.6 Å². The molecule has 0 bridgehead atoms. The molecular formula is C22H20N2O2. The standard InChI is InChI=1S/C22H20N2O2/c23-21(25)19-11-6-7-13-22(19,26-18-9-2-1-3-10-18)15-17-14-16-8-4-5-12-20(16)24-17/h1-14,19,24H,15H2,(H2,23,25). The molecule has 1 aliphatic carbocycles. The van der Waals surface area contributed by atoms with Gasteiger partial charge in [-0.2, -0.15) is 0 Å². The Morgan fingerprint density at radius 3 is 2.62 bits per heavy atom. The van der Waals surface area contributed by atoms with Gasteiger partial charge in [-0.25, -0.2) is 0 Å². The number of aromatic nitrogens is 1. The van der Waals surface area contributed by atoms with Crippen LogP contribution in [0, 0.1) is 5.92 Å². The summed E-state index contributed by atoms with van der Waals surface area (Å²) in [5.74, 6) is -0.258. The predicted molar refractivity (Wildman–Crippen MR) is 103 cm³/mol. The van der Waals surface area contributed by atoms with Crippen molar-refractivity contribution in [3.8, 4) is 5.75 Å². The first kappa shape index (κ1) is 16.2. The minimum Gasteiger partial charge on any atom is -0.482 e. The normalized spacial score (nSPS) is 21.8. The number of fused-ring (bicyclic) bond motifs is 1. The minimum atomic E-state index is -0.872. The van der Waals surface area contributed by atoms with E-state index in [2.05, 4.69) is 17.1 Å². The van der Waals surface area contributed by atoms with E-state index < -0.39 is 17.4 Å². The summed E-state index contributed by atoms with van der Waals surface area (Å²) in [6.45, 7) is 0. The van der Waals surface area contributed by atoms with E-state index in [1.165, 1.54) is 0 Å². The van der Waals surface area contributed by atoms with E-state index in [0.29, 0.717) is 12.2 Å². The molecular weight excluding hydrogens is 324 g/mol. The Bertz CT molecular complexity index is 955. The van der Waals surface area contributed by atoms with Crippen LogP contribution in [0.25, 0.3) is 10.9 Å². The van der Waals surface area contributed by atoms with Crippen LogP contribution < -0.4 is 10.5 Å². The minimum absolute atomic E-state index is 0.405. The number of allylic oxidation sites excluding steroid dienone is 2. The Kier molecular flexibility index (Phi) is 4.09. The first-order valence-electron chi connectivity index (χ1n) is 8.62. The monoisotopic (exact) mass is 344 g/mol. The number of hydrogen-bond donors (Lipinski definition) is 2. The van der Waals surface area contributed by atoms with E-state index in [-0.39, 0.29) is 0 Å². The molecule has 0 radical (unpaired) electrons. The van der Waals surface area contributed by atoms with E-state index in [1.54, 1.807) is 0 Å². The summed E-state index contributed by atoms with van der Waals surface area (Å²) in [6.07, 6.45) is 8.00. The van der Waals surface area contributed by atoms with Gasteiger partial charge in [0.2, 0.25) is 5.91 Å². The van der Waals surface area contributed by atoms with Crippen molar-refractivity contribution in [1.82, 2.24) is 4.98 Å². The van der Waals surface area contributed by atoms with E-state index in [1.807, 2.05) is 72.8 Å². The van der Waals surface area contributed by atoms with Crippen molar-refractivity contribution in [2.75, 3.05) is 0 Å². The molecule has 0 fully saturated rings. The van der Waals surface area contributed by atoms with Crippen LogP contribution in [0.4, 0.5) is 0 Å². The van der Waals surface area contributed by atoms with Crippen molar-refractivity contribution in [2.24, 2.45) is 11.7 Å². The molecule has 2 aromatic carbocycles. The zero-order valence-electron chi connectivity index (χ0n) is 14.3. The number of carbonyl (C=O) groups is 1. The number of amides is 1. The molecule has 1 heterocycles. The van der Waals surface area contributed by atoms with Crippen LogP contribution >= 0.6 is 0 Å². The number of primary amides is 1. The van der Waals surface area contributed by atoms with Crippen molar-refractivity contribution in [3.63, 3.8) is 0 Å². The average Bonchev–Trinajstić information content (AvgIpc) is 3.04. The van der Waals surface area contributed by atoms with E-state index in [0.717, 1.165) is 16.6 Å². The molecule has 2 unspecified atom stereocenters. The van der Waals surface area contributed by atoms with Crippen LogP contribution in [-0.2, 0) is 11.2 Å². The number of nitrogens with one attached hydrogen (secondary N) is 1. The third kappa shape index (κ3) is 3.02. The number of carbonyl (C=O) groups excluding carboxylic acids is 1. The number of para-hydroxylation sites is 2. The van der Waals surface area contributed by atoms with Gasteiger partial charge in [-0.1, -0.05) is 54.6 Å². The number of aromatic amines is 1. The zero-order chi connectivity index (χ0) is 18.0. The molecule has 3 aromatic rings. The summed E-state index contributed by atoms with van der Waals surface area (Å²) in [4.78, 5) is 15.6. The highest BCUT2D eigenvalue weighted by molar-refractivity contribution is 5.82. The molecule has 1 aromatic heterocycles. The second-order valence-electron chi connectivity index (χ2n) is 6.55. The second kappa shape index (κ2) is 6.56. The van der Waals surface area contributed by atoms with Gasteiger partial charge in [-0.15, -0.1) is 0 Å². The lowest BCUT2D eigenvalue weighted by Gasteiger charge is -2.37. The maximum Gasteiger partial charge on any atom is 0.228 e. The van der Waals surface area contributed by atoms with Crippen LogP contribution in [0.1, 0.15) is 5.69 Å². The molecule has 0 aliphatic heterocycles. The maximum atomic E-state index is 12.2. The SMILES string of the molecule is NC(=O)C1C=CC=CC1(Cc1cc2ccccc2[nH]1)Oc1ccccc1. The van der Waals surface area contributed by atoms with Crippen molar-refractivity contribution in [1.29, 1.82) is 0 Å². The van der Waals surface area contributed by atoms with Crippen LogP contribution in [-0.4, -0.2) is 16.5 Å². The third-order valence-electron chi connectivity index (χ3n) is 4.73. The maximum absolute atomic E-state index is 12.2. The second-order valence-corrected chi connectivity index (χ2v) is 6.55. The van der Waals surface area contributed by atoms with E-state index in [4.69, 9.17) is 10.5 Å². The summed E-state index contributed by atoms with van der Waals surface area (Å²) >= 11 is 0. The fourth-order valence-corrected chi connectivity index (χ4v) is 3.53. The molecule has 3 N–H and O–H groups in total. The number of rotatable bonds is 5. The summed E-state index contributed by atoms with van der Waals surface area (Å²) in [5, 5.41) is 1.13. The van der Waals surface area contributed by atoms with Gasteiger partial charge < -0.3 is 15.5 Å². The molecule has 4 nitrogen and oxygen atoms in total. The highest BCUT2D eigenvalue weighted by Gasteiger charge is 2.42. The molecule has 26 heavy (non-hydrogen) atoms. The summed E-state index contributed by atoms with van der Waals surface area (Å²) in [6, 6.07) is 19.7. The van der Waals surface area contributed by atoms with Crippen molar-refractivity contribution in [2.45, 2.75) is 12.0 Å². The molecule has 0 spiro atoms. The first-order chi connectivity index (χ1) is 12.7. The molecule has 1 amide bonds. The molecule has 4 rings (SSSR count). The van der Waals surface area contributed by atoms with Gasteiger partial charge in [0.25, 0.3) is 0 Å². The largest absolute Gasteiger partial charge is 0.482 e. The Morgan fingerprint density at radius 1 is 1.08 bits per heavy atom. The third-order valence-corrected chi connectivity index (χ3v) is 4.73. The van der Waals surface area contributed by atoms with Crippen LogP contribution in [0.2, 0.25) is 0 Å². The fourth-order valence-electron chi connectivity index (χ4n) is 3.53. The van der Waals surface area contributed by atoms with Gasteiger partial charge >= 0.3 is 0 Å². The van der Waals surface area contributed by atoms with Gasteiger partial charge in [-0.3, -0.25) is 4.79 Å². The number of ether oxygens (including phenoxy) is 1. The summed E-state index contributed by atoms with van der Waals surface area (Å²) in [5.41, 5.74) is 6.89. The zero-order valence-corrected chi connectivity index (χ0v) is 14.3.